The topological polar surface area (TPSA) is 46.5 Å². The summed E-state index contributed by atoms with van der Waals surface area (Å²) in [6.07, 6.45) is 3.18. The molecule has 1 N–H and O–H groups in total. The van der Waals surface area contributed by atoms with Gasteiger partial charge in [-0.05, 0) is 36.1 Å². The number of fused-ring (bicyclic) bond motifs is 1. The molecule has 0 aliphatic rings. The van der Waals surface area contributed by atoms with Gasteiger partial charge in [0.25, 0.3) is 0 Å². The smallest absolute Gasteiger partial charge is 0.178 e. The van der Waals surface area contributed by atoms with E-state index in [1.54, 1.807) is 0 Å². The zero-order valence-corrected chi connectivity index (χ0v) is 12.4. The molecule has 3 heterocycles. The molecular weight excluding hydrogens is 248 g/mol. The van der Waals surface area contributed by atoms with E-state index in [4.69, 9.17) is 0 Å². The molecule has 0 saturated carbocycles. The van der Waals surface area contributed by atoms with Gasteiger partial charge < -0.3 is 9.55 Å². The molecule has 0 amide bonds. The zero-order chi connectivity index (χ0) is 14.3. The highest BCUT2D eigenvalue weighted by Crippen LogP contribution is 2.23. The Balaban J connectivity index is 2.10. The first-order valence-corrected chi connectivity index (χ1v) is 7.10. The molecule has 104 valence electrons. The average Bonchev–Trinajstić information content (AvgIpc) is 3.00. The van der Waals surface area contributed by atoms with Gasteiger partial charge in [0.2, 0.25) is 0 Å². The number of nitrogens with one attached hydrogen (secondary N) is 1. The predicted molar refractivity (Wildman–Crippen MR) is 81.8 cm³/mol. The molecule has 3 aromatic rings. The van der Waals surface area contributed by atoms with Crippen molar-refractivity contribution in [2.75, 3.05) is 0 Å². The lowest BCUT2D eigenvalue weighted by Gasteiger charge is -2.01. The summed E-state index contributed by atoms with van der Waals surface area (Å²) in [4.78, 5) is 12.6. The summed E-state index contributed by atoms with van der Waals surface area (Å²) < 4.78 is 2.11. The number of rotatable bonds is 3. The molecular formula is C16H20N4. The summed E-state index contributed by atoms with van der Waals surface area (Å²) >= 11 is 0. The predicted octanol–water partition coefficient (Wildman–Crippen LogP) is 3.65. The second-order valence-electron chi connectivity index (χ2n) is 5.55. The first-order valence-electron chi connectivity index (χ1n) is 7.10. The molecule has 0 aliphatic carbocycles. The summed E-state index contributed by atoms with van der Waals surface area (Å²) in [6.45, 7) is 6.45. The molecule has 4 nitrogen and oxygen atoms in total. The lowest BCUT2D eigenvalue weighted by Crippen LogP contribution is -1.92. The third-order valence-electron chi connectivity index (χ3n) is 3.67. The van der Waals surface area contributed by atoms with E-state index >= 15 is 0 Å². The van der Waals surface area contributed by atoms with E-state index in [1.165, 1.54) is 5.56 Å². The van der Waals surface area contributed by atoms with Gasteiger partial charge in [0.05, 0.1) is 11.2 Å². The lowest BCUT2D eigenvalue weighted by atomic mass is 10.1. The molecule has 0 radical (unpaired) electrons. The first-order chi connectivity index (χ1) is 9.58. The number of aromatic nitrogens is 4. The zero-order valence-electron chi connectivity index (χ0n) is 12.4. The number of H-pyrrole nitrogens is 1. The van der Waals surface area contributed by atoms with Crippen molar-refractivity contribution < 1.29 is 0 Å². The molecule has 4 heteroatoms. The van der Waals surface area contributed by atoms with E-state index in [0.717, 1.165) is 34.8 Å². The third kappa shape index (κ3) is 2.11. The van der Waals surface area contributed by atoms with Crippen molar-refractivity contribution in [3.63, 3.8) is 0 Å². The van der Waals surface area contributed by atoms with Crippen molar-refractivity contribution in [2.24, 2.45) is 7.05 Å². The van der Waals surface area contributed by atoms with Crippen LogP contribution in [0.1, 0.15) is 37.9 Å². The largest absolute Gasteiger partial charge is 0.348 e. The molecule has 20 heavy (non-hydrogen) atoms. The van der Waals surface area contributed by atoms with E-state index < -0.39 is 0 Å². The minimum absolute atomic E-state index is 0.418. The van der Waals surface area contributed by atoms with E-state index in [-0.39, 0.29) is 0 Å². The van der Waals surface area contributed by atoms with Crippen LogP contribution < -0.4 is 0 Å². The number of hydrogen-bond acceptors (Lipinski definition) is 2. The van der Waals surface area contributed by atoms with Crippen LogP contribution in [0, 0.1) is 0 Å². The Kier molecular flexibility index (Phi) is 3.08. The van der Waals surface area contributed by atoms with Gasteiger partial charge in [0.1, 0.15) is 0 Å². The first kappa shape index (κ1) is 12.9. The van der Waals surface area contributed by atoms with Crippen LogP contribution in [0.5, 0.6) is 0 Å². The Hall–Kier alpha value is -2.10. The van der Waals surface area contributed by atoms with Crippen molar-refractivity contribution in [1.29, 1.82) is 0 Å². The van der Waals surface area contributed by atoms with Gasteiger partial charge in [-0.15, -0.1) is 0 Å². The fourth-order valence-electron chi connectivity index (χ4n) is 2.41. The van der Waals surface area contributed by atoms with Crippen LogP contribution in [-0.2, 0) is 13.5 Å². The molecule has 0 atom stereocenters. The number of imidazole rings is 1. The van der Waals surface area contributed by atoms with Crippen LogP contribution >= 0.6 is 0 Å². The molecule has 0 saturated heterocycles. The highest BCUT2D eigenvalue weighted by atomic mass is 15.0. The SMILES string of the molecule is CCc1cc(-c2nc3nc(C(C)C)ccc3[nH]2)n(C)c1. The van der Waals surface area contributed by atoms with Crippen LogP contribution in [0.3, 0.4) is 0 Å². The van der Waals surface area contributed by atoms with Crippen LogP contribution in [0.15, 0.2) is 24.4 Å². The fourth-order valence-corrected chi connectivity index (χ4v) is 2.41. The van der Waals surface area contributed by atoms with Gasteiger partial charge in [-0.2, -0.15) is 0 Å². The Morgan fingerprint density at radius 3 is 2.70 bits per heavy atom. The van der Waals surface area contributed by atoms with Gasteiger partial charge in [-0.3, -0.25) is 0 Å². The molecule has 0 bridgehead atoms. The van der Waals surface area contributed by atoms with Crippen LogP contribution in [0.2, 0.25) is 0 Å². The van der Waals surface area contributed by atoms with Gasteiger partial charge in [-0.25, -0.2) is 9.97 Å². The van der Waals surface area contributed by atoms with Gasteiger partial charge in [0.15, 0.2) is 11.5 Å². The Bertz CT molecular complexity index is 749. The van der Waals surface area contributed by atoms with E-state index in [0.29, 0.717) is 5.92 Å². The van der Waals surface area contributed by atoms with Crippen LogP contribution in [0.4, 0.5) is 0 Å². The Morgan fingerprint density at radius 2 is 2.05 bits per heavy atom. The maximum atomic E-state index is 4.65. The van der Waals surface area contributed by atoms with Crippen molar-refractivity contribution in [3.05, 3.63) is 35.7 Å². The molecule has 0 spiro atoms. The van der Waals surface area contributed by atoms with Gasteiger partial charge in [0, 0.05) is 18.9 Å². The van der Waals surface area contributed by atoms with Gasteiger partial charge >= 0.3 is 0 Å². The van der Waals surface area contributed by atoms with Crippen molar-refractivity contribution in [2.45, 2.75) is 33.1 Å². The maximum Gasteiger partial charge on any atom is 0.178 e. The molecule has 0 aromatic carbocycles. The van der Waals surface area contributed by atoms with Crippen molar-refractivity contribution >= 4 is 11.2 Å². The monoisotopic (exact) mass is 268 g/mol. The number of aryl methyl sites for hydroxylation is 2. The normalized spacial score (nSPS) is 11.7. The van der Waals surface area contributed by atoms with Crippen molar-refractivity contribution in [3.8, 4) is 11.5 Å². The van der Waals surface area contributed by atoms with Gasteiger partial charge in [-0.1, -0.05) is 20.8 Å². The third-order valence-corrected chi connectivity index (χ3v) is 3.67. The molecule has 3 aromatic heterocycles. The summed E-state index contributed by atoms with van der Waals surface area (Å²) in [5.74, 6) is 1.30. The molecule has 0 fully saturated rings. The highest BCUT2D eigenvalue weighted by Gasteiger charge is 2.11. The van der Waals surface area contributed by atoms with Crippen LogP contribution in [0.25, 0.3) is 22.7 Å². The standard InChI is InChI=1S/C16H20N4/c1-5-11-8-14(20(4)9-11)16-18-13-7-6-12(10(2)3)17-15(13)19-16/h6-10H,5H2,1-4H3,(H,17,18,19). The highest BCUT2D eigenvalue weighted by molar-refractivity contribution is 5.75. The summed E-state index contributed by atoms with van der Waals surface area (Å²) in [6, 6.07) is 6.32. The second-order valence-corrected chi connectivity index (χ2v) is 5.55. The van der Waals surface area contributed by atoms with E-state index in [9.17, 15) is 0 Å². The molecule has 0 unspecified atom stereocenters. The summed E-state index contributed by atoms with van der Waals surface area (Å²) in [5.41, 5.74) is 5.29. The number of nitrogens with zero attached hydrogens (tertiary/aromatic N) is 3. The quantitative estimate of drug-likeness (QED) is 0.788. The Labute approximate surface area is 118 Å². The summed E-state index contributed by atoms with van der Waals surface area (Å²) in [7, 11) is 2.05. The number of aromatic amines is 1. The lowest BCUT2D eigenvalue weighted by molar-refractivity contribution is 0.828. The average molecular weight is 268 g/mol. The number of hydrogen-bond donors (Lipinski definition) is 1. The fraction of sp³-hybridized carbons (Fsp3) is 0.375. The van der Waals surface area contributed by atoms with Crippen molar-refractivity contribution in [1.82, 2.24) is 19.5 Å². The minimum Gasteiger partial charge on any atom is -0.348 e. The van der Waals surface area contributed by atoms with E-state index in [1.807, 2.05) is 0 Å². The number of pyridine rings is 1. The molecule has 3 rings (SSSR count). The summed E-state index contributed by atoms with van der Waals surface area (Å²) in [5, 5.41) is 0. The van der Waals surface area contributed by atoms with Crippen LogP contribution in [-0.4, -0.2) is 19.5 Å². The van der Waals surface area contributed by atoms with E-state index in [2.05, 4.69) is 71.7 Å². The Morgan fingerprint density at radius 1 is 1.25 bits per heavy atom. The molecule has 0 aliphatic heterocycles. The maximum absolute atomic E-state index is 4.65. The minimum atomic E-state index is 0.418. The second kappa shape index (κ2) is 4.78.